The first kappa shape index (κ1) is 22.1. The predicted molar refractivity (Wildman–Crippen MR) is 122 cm³/mol. The van der Waals surface area contributed by atoms with Crippen LogP contribution in [0, 0.1) is 0 Å². The van der Waals surface area contributed by atoms with E-state index in [9.17, 15) is 4.79 Å². The van der Waals surface area contributed by atoms with Crippen LogP contribution in [0.5, 0.6) is 5.75 Å². The Morgan fingerprint density at radius 3 is 2.85 bits per heavy atom. The van der Waals surface area contributed by atoms with E-state index in [1.807, 2.05) is 36.0 Å². The van der Waals surface area contributed by atoms with Crippen LogP contribution in [-0.4, -0.2) is 49.1 Å². The maximum atomic E-state index is 11.7. The zero-order chi connectivity index (χ0) is 18.2. The van der Waals surface area contributed by atoms with Gasteiger partial charge in [-0.05, 0) is 49.1 Å². The van der Waals surface area contributed by atoms with Gasteiger partial charge in [-0.3, -0.25) is 9.79 Å². The fourth-order valence-electron chi connectivity index (χ4n) is 2.81. The summed E-state index contributed by atoms with van der Waals surface area (Å²) in [7, 11) is 1.79. The van der Waals surface area contributed by atoms with Gasteiger partial charge in [0.25, 0.3) is 5.91 Å². The number of guanidine groups is 1. The summed E-state index contributed by atoms with van der Waals surface area (Å²) in [5.41, 5.74) is 1.09. The molecule has 0 radical (unpaired) electrons. The summed E-state index contributed by atoms with van der Waals surface area (Å²) >= 11 is 2.03. The Labute approximate surface area is 182 Å². The van der Waals surface area contributed by atoms with Crippen LogP contribution in [0.4, 0.5) is 0 Å². The molecule has 27 heavy (non-hydrogen) atoms. The van der Waals surface area contributed by atoms with Crippen molar-refractivity contribution in [2.24, 2.45) is 4.99 Å². The molecule has 1 amide bonds. The Bertz CT molecular complexity index is 634. The Kier molecular flexibility index (Phi) is 9.53. The highest BCUT2D eigenvalue weighted by atomic mass is 127. The van der Waals surface area contributed by atoms with E-state index in [2.05, 4.69) is 20.9 Å². The van der Waals surface area contributed by atoms with Crippen molar-refractivity contribution in [2.45, 2.75) is 43.5 Å². The van der Waals surface area contributed by atoms with Gasteiger partial charge in [0.15, 0.2) is 12.6 Å². The number of amides is 1. The van der Waals surface area contributed by atoms with Crippen molar-refractivity contribution >= 4 is 47.6 Å². The third kappa shape index (κ3) is 8.16. The van der Waals surface area contributed by atoms with Crippen LogP contribution in [0.1, 0.15) is 31.2 Å². The maximum absolute atomic E-state index is 11.7. The number of thioether (sulfide) groups is 1. The minimum Gasteiger partial charge on any atom is -0.484 e. The van der Waals surface area contributed by atoms with Crippen molar-refractivity contribution in [3.63, 3.8) is 0 Å². The normalized spacial score (nSPS) is 19.1. The van der Waals surface area contributed by atoms with Gasteiger partial charge in [-0.15, -0.1) is 24.0 Å². The molecular formula is C19H29IN4O2S. The Morgan fingerprint density at radius 1 is 1.30 bits per heavy atom. The van der Waals surface area contributed by atoms with Crippen LogP contribution in [0.2, 0.25) is 0 Å². The van der Waals surface area contributed by atoms with Crippen LogP contribution >= 0.6 is 35.7 Å². The number of hydrogen-bond acceptors (Lipinski definition) is 4. The van der Waals surface area contributed by atoms with Gasteiger partial charge in [0, 0.05) is 31.4 Å². The van der Waals surface area contributed by atoms with E-state index < -0.39 is 0 Å². The van der Waals surface area contributed by atoms with Gasteiger partial charge in [0.05, 0.1) is 0 Å². The van der Waals surface area contributed by atoms with Crippen molar-refractivity contribution in [3.8, 4) is 5.75 Å². The molecule has 2 fully saturated rings. The van der Waals surface area contributed by atoms with Crippen molar-refractivity contribution in [2.75, 3.05) is 26.0 Å². The molecule has 6 nitrogen and oxygen atoms in total. The zero-order valence-corrected chi connectivity index (χ0v) is 18.8. The molecular weight excluding hydrogens is 475 g/mol. The molecule has 1 saturated carbocycles. The van der Waals surface area contributed by atoms with E-state index in [0.717, 1.165) is 30.9 Å². The fraction of sp³-hybridized carbons (Fsp3) is 0.579. The van der Waals surface area contributed by atoms with E-state index in [1.54, 1.807) is 7.05 Å². The number of carbonyl (C=O) groups excluding carboxylic acids is 1. The third-order valence-electron chi connectivity index (χ3n) is 4.42. The van der Waals surface area contributed by atoms with Crippen LogP contribution in [0.15, 0.2) is 29.3 Å². The Balaban J connectivity index is 0.00000261. The van der Waals surface area contributed by atoms with Crippen LogP contribution in [-0.2, 0) is 11.3 Å². The summed E-state index contributed by atoms with van der Waals surface area (Å²) in [5.74, 6) is 2.74. The second kappa shape index (κ2) is 11.6. The maximum Gasteiger partial charge on any atom is 0.258 e. The van der Waals surface area contributed by atoms with E-state index in [1.165, 1.54) is 18.6 Å². The lowest BCUT2D eigenvalue weighted by Gasteiger charge is -2.15. The Hall–Kier alpha value is -1.16. The molecule has 1 aliphatic heterocycles. The monoisotopic (exact) mass is 504 g/mol. The largest absolute Gasteiger partial charge is 0.484 e. The number of nitrogens with zero attached hydrogens (tertiary/aromatic N) is 1. The van der Waals surface area contributed by atoms with Crippen LogP contribution in [0.25, 0.3) is 0 Å². The van der Waals surface area contributed by atoms with Gasteiger partial charge in [-0.2, -0.15) is 11.8 Å². The summed E-state index contributed by atoms with van der Waals surface area (Å²) in [6.45, 7) is 1.67. The molecule has 1 saturated heterocycles. The highest BCUT2D eigenvalue weighted by Gasteiger charge is 2.23. The van der Waals surface area contributed by atoms with Gasteiger partial charge in [-0.1, -0.05) is 12.1 Å². The standard InChI is InChI=1S/C19H28N4O2S.HI/c1-20-19(22-12-17-6-3-9-26-17)21-11-14-4-2-5-16(10-14)25-13-18(24)23-15-7-8-15;/h2,4-5,10,15,17H,3,6-9,11-13H2,1H3,(H,23,24)(H2,20,21,22);1H. The SMILES string of the molecule is CN=C(NCc1cccc(OCC(=O)NC2CC2)c1)NCC1CCCS1.I. The molecule has 3 rings (SSSR count). The molecule has 1 aromatic rings. The van der Waals surface area contributed by atoms with E-state index in [0.29, 0.717) is 23.6 Å². The van der Waals surface area contributed by atoms with E-state index in [-0.39, 0.29) is 36.5 Å². The molecule has 1 aliphatic carbocycles. The number of halogens is 1. The van der Waals surface area contributed by atoms with Crippen LogP contribution in [0.3, 0.4) is 0 Å². The summed E-state index contributed by atoms with van der Waals surface area (Å²) in [6.07, 6.45) is 4.76. The van der Waals surface area contributed by atoms with Crippen molar-refractivity contribution < 1.29 is 9.53 Å². The molecule has 1 heterocycles. The number of carbonyl (C=O) groups is 1. The van der Waals surface area contributed by atoms with Gasteiger partial charge in [0.1, 0.15) is 5.75 Å². The second-order valence-corrected chi connectivity index (χ2v) is 8.13. The quantitative estimate of drug-likeness (QED) is 0.288. The first-order valence-electron chi connectivity index (χ1n) is 9.30. The van der Waals surface area contributed by atoms with Gasteiger partial charge in [0.2, 0.25) is 0 Å². The van der Waals surface area contributed by atoms with Gasteiger partial charge >= 0.3 is 0 Å². The van der Waals surface area contributed by atoms with Crippen LogP contribution < -0.4 is 20.7 Å². The smallest absolute Gasteiger partial charge is 0.258 e. The van der Waals surface area contributed by atoms with E-state index >= 15 is 0 Å². The van der Waals surface area contributed by atoms with Crippen molar-refractivity contribution in [1.82, 2.24) is 16.0 Å². The first-order chi connectivity index (χ1) is 12.7. The molecule has 0 bridgehead atoms. The predicted octanol–water partition coefficient (Wildman–Crippen LogP) is 2.52. The summed E-state index contributed by atoms with van der Waals surface area (Å²) in [5, 5.41) is 10.3. The average Bonchev–Trinajstić information content (AvgIpc) is 3.31. The van der Waals surface area contributed by atoms with Gasteiger partial charge < -0.3 is 20.7 Å². The molecule has 150 valence electrons. The number of ether oxygens (including phenoxy) is 1. The summed E-state index contributed by atoms with van der Waals surface area (Å²) in [4.78, 5) is 16.0. The minimum atomic E-state index is -0.0505. The number of nitrogens with one attached hydrogen (secondary N) is 3. The van der Waals surface area contributed by atoms with Crippen molar-refractivity contribution in [1.29, 1.82) is 0 Å². The average molecular weight is 504 g/mol. The molecule has 0 spiro atoms. The number of aliphatic imine (C=N–C) groups is 1. The second-order valence-electron chi connectivity index (χ2n) is 6.72. The lowest BCUT2D eigenvalue weighted by atomic mass is 10.2. The number of benzene rings is 1. The highest BCUT2D eigenvalue weighted by Crippen LogP contribution is 2.25. The lowest BCUT2D eigenvalue weighted by Crippen LogP contribution is -2.39. The lowest BCUT2D eigenvalue weighted by molar-refractivity contribution is -0.123. The van der Waals surface area contributed by atoms with E-state index in [4.69, 9.17) is 4.74 Å². The molecule has 8 heteroatoms. The van der Waals surface area contributed by atoms with Crippen molar-refractivity contribution in [3.05, 3.63) is 29.8 Å². The zero-order valence-electron chi connectivity index (χ0n) is 15.7. The van der Waals surface area contributed by atoms with Gasteiger partial charge in [-0.25, -0.2) is 0 Å². The fourth-order valence-corrected chi connectivity index (χ4v) is 4.01. The molecule has 1 aromatic carbocycles. The summed E-state index contributed by atoms with van der Waals surface area (Å²) < 4.78 is 5.60. The first-order valence-corrected chi connectivity index (χ1v) is 10.3. The third-order valence-corrected chi connectivity index (χ3v) is 5.81. The number of hydrogen-bond donors (Lipinski definition) is 3. The number of rotatable bonds is 8. The molecule has 0 aromatic heterocycles. The molecule has 1 unspecified atom stereocenters. The highest BCUT2D eigenvalue weighted by molar-refractivity contribution is 14.0. The minimum absolute atomic E-state index is 0. The summed E-state index contributed by atoms with van der Waals surface area (Å²) in [6, 6.07) is 8.17. The Morgan fingerprint density at radius 2 is 2.15 bits per heavy atom. The topological polar surface area (TPSA) is 74.8 Å². The molecule has 1 atom stereocenters. The molecule has 2 aliphatic rings. The molecule has 3 N–H and O–H groups in total.